The number of anilines is 1. The Morgan fingerprint density at radius 1 is 1.16 bits per heavy atom. The van der Waals surface area contributed by atoms with E-state index < -0.39 is 0 Å². The van der Waals surface area contributed by atoms with Gasteiger partial charge in [0.05, 0.1) is 34.7 Å². The molecule has 0 radical (unpaired) electrons. The lowest BCUT2D eigenvalue weighted by Crippen LogP contribution is -2.36. The molecule has 1 fully saturated rings. The van der Waals surface area contributed by atoms with Crippen LogP contribution in [0.15, 0.2) is 42.7 Å². The van der Waals surface area contributed by atoms with Crippen LogP contribution in [0.2, 0.25) is 0 Å². The van der Waals surface area contributed by atoms with Crippen molar-refractivity contribution in [1.82, 2.24) is 14.4 Å². The van der Waals surface area contributed by atoms with Crippen LogP contribution in [-0.4, -0.2) is 51.9 Å². The number of nitrogens with one attached hydrogen (secondary N) is 1. The van der Waals surface area contributed by atoms with Gasteiger partial charge in [-0.05, 0) is 36.6 Å². The first-order valence-corrected chi connectivity index (χ1v) is 11.9. The predicted octanol–water partition coefficient (Wildman–Crippen LogP) is 4.28. The molecule has 0 aliphatic heterocycles. The Balaban J connectivity index is 1.29. The standard InChI is InChI=1S/C24H28N4O3S/c1-30-10-11-31-18-8-9-28-15-17(25-23(28)14-18)12-16-6-7-20-22(13-16)32-24(27-20)26-19-4-2-3-5-21(19)29/h6-9,13-15,19,21,29H,2-5,10-12H2,1H3,(H,26,27). The highest BCUT2D eigenvalue weighted by Crippen LogP contribution is 2.30. The zero-order valence-corrected chi connectivity index (χ0v) is 19.0. The van der Waals surface area contributed by atoms with Crippen molar-refractivity contribution >= 4 is 32.3 Å². The van der Waals surface area contributed by atoms with Crippen molar-refractivity contribution in [2.24, 2.45) is 0 Å². The van der Waals surface area contributed by atoms with Gasteiger partial charge >= 0.3 is 0 Å². The molecule has 2 atom stereocenters. The maximum atomic E-state index is 10.2. The van der Waals surface area contributed by atoms with Crippen molar-refractivity contribution in [2.75, 3.05) is 25.6 Å². The van der Waals surface area contributed by atoms with E-state index in [9.17, 15) is 5.11 Å². The van der Waals surface area contributed by atoms with E-state index in [2.05, 4.69) is 29.7 Å². The van der Waals surface area contributed by atoms with Crippen molar-refractivity contribution in [3.8, 4) is 5.75 Å². The van der Waals surface area contributed by atoms with Crippen molar-refractivity contribution < 1.29 is 14.6 Å². The Bertz CT molecular complexity index is 1200. The van der Waals surface area contributed by atoms with E-state index in [4.69, 9.17) is 19.4 Å². The Kier molecular flexibility index (Phi) is 6.25. The molecular formula is C24H28N4O3S. The van der Waals surface area contributed by atoms with Crippen LogP contribution < -0.4 is 10.1 Å². The van der Waals surface area contributed by atoms with Gasteiger partial charge in [0.25, 0.3) is 0 Å². The van der Waals surface area contributed by atoms with Gasteiger partial charge in [-0.25, -0.2) is 9.97 Å². The maximum absolute atomic E-state index is 10.2. The molecule has 32 heavy (non-hydrogen) atoms. The first kappa shape index (κ1) is 21.2. The molecule has 7 nitrogen and oxygen atoms in total. The largest absolute Gasteiger partial charge is 0.491 e. The highest BCUT2D eigenvalue weighted by molar-refractivity contribution is 7.22. The number of ether oxygens (including phenoxy) is 2. The SMILES string of the molecule is COCCOc1ccn2cc(Cc3ccc4nc(NC5CCCCC5O)sc4c3)nc2c1. The van der Waals surface area contributed by atoms with Crippen LogP contribution in [0.5, 0.6) is 5.75 Å². The molecule has 8 heteroatoms. The third-order valence-corrected chi connectivity index (χ3v) is 6.86. The molecule has 2 N–H and O–H groups in total. The number of aromatic nitrogens is 3. The lowest BCUT2D eigenvalue weighted by atomic mass is 9.93. The van der Waals surface area contributed by atoms with E-state index in [1.165, 1.54) is 5.56 Å². The molecule has 0 spiro atoms. The Morgan fingerprint density at radius 2 is 2.06 bits per heavy atom. The fourth-order valence-corrected chi connectivity index (χ4v) is 5.21. The third kappa shape index (κ3) is 4.72. The van der Waals surface area contributed by atoms with Crippen LogP contribution in [0.25, 0.3) is 15.9 Å². The number of hydrogen-bond acceptors (Lipinski definition) is 7. The van der Waals surface area contributed by atoms with E-state index in [0.717, 1.165) is 64.5 Å². The summed E-state index contributed by atoms with van der Waals surface area (Å²) < 4.78 is 13.9. The fourth-order valence-electron chi connectivity index (χ4n) is 4.22. The molecular weight excluding hydrogens is 424 g/mol. The zero-order chi connectivity index (χ0) is 21.9. The number of aliphatic hydroxyl groups is 1. The minimum Gasteiger partial charge on any atom is -0.491 e. The highest BCUT2D eigenvalue weighted by Gasteiger charge is 2.23. The van der Waals surface area contributed by atoms with Crippen molar-refractivity contribution in [3.05, 3.63) is 54.0 Å². The summed E-state index contributed by atoms with van der Waals surface area (Å²) >= 11 is 1.65. The monoisotopic (exact) mass is 452 g/mol. The van der Waals surface area contributed by atoms with E-state index in [1.54, 1.807) is 18.4 Å². The predicted molar refractivity (Wildman–Crippen MR) is 127 cm³/mol. The Hall–Kier alpha value is -2.68. The topological polar surface area (TPSA) is 80.9 Å². The summed E-state index contributed by atoms with van der Waals surface area (Å²) in [4.78, 5) is 9.49. The van der Waals surface area contributed by atoms with Crippen molar-refractivity contribution in [3.63, 3.8) is 0 Å². The van der Waals surface area contributed by atoms with Gasteiger partial charge in [0.2, 0.25) is 0 Å². The smallest absolute Gasteiger partial charge is 0.184 e. The lowest BCUT2D eigenvalue weighted by Gasteiger charge is -2.27. The Morgan fingerprint density at radius 3 is 2.94 bits per heavy atom. The molecule has 168 valence electrons. The number of pyridine rings is 1. The average Bonchev–Trinajstić information content (AvgIpc) is 3.37. The number of methoxy groups -OCH3 is 1. The number of imidazole rings is 1. The van der Waals surface area contributed by atoms with Gasteiger partial charge in [0.15, 0.2) is 5.13 Å². The second-order valence-electron chi connectivity index (χ2n) is 8.30. The van der Waals surface area contributed by atoms with E-state index in [1.807, 2.05) is 22.7 Å². The van der Waals surface area contributed by atoms with Crippen LogP contribution in [0.3, 0.4) is 0 Å². The van der Waals surface area contributed by atoms with Crippen molar-refractivity contribution in [2.45, 2.75) is 44.2 Å². The van der Waals surface area contributed by atoms with Gasteiger partial charge < -0.3 is 24.3 Å². The fraction of sp³-hybridized carbons (Fsp3) is 0.417. The number of aliphatic hydroxyl groups excluding tert-OH is 1. The molecule has 0 amide bonds. The summed E-state index contributed by atoms with van der Waals surface area (Å²) in [6.07, 6.45) is 8.62. The molecule has 3 aromatic heterocycles. The quantitative estimate of drug-likeness (QED) is 0.389. The van der Waals surface area contributed by atoms with Gasteiger partial charge in [0.1, 0.15) is 18.0 Å². The highest BCUT2D eigenvalue weighted by atomic mass is 32.1. The van der Waals surface area contributed by atoms with Gasteiger partial charge in [-0.1, -0.05) is 30.2 Å². The number of nitrogens with zero attached hydrogens (tertiary/aromatic N) is 3. The summed E-state index contributed by atoms with van der Waals surface area (Å²) in [5.74, 6) is 0.792. The first-order chi connectivity index (χ1) is 15.7. The molecule has 0 saturated heterocycles. The summed E-state index contributed by atoms with van der Waals surface area (Å²) in [6.45, 7) is 1.08. The minimum absolute atomic E-state index is 0.102. The van der Waals surface area contributed by atoms with E-state index in [-0.39, 0.29) is 12.1 Å². The molecule has 1 saturated carbocycles. The summed E-state index contributed by atoms with van der Waals surface area (Å²) in [5, 5.41) is 14.6. The van der Waals surface area contributed by atoms with Crippen LogP contribution in [0.4, 0.5) is 5.13 Å². The third-order valence-electron chi connectivity index (χ3n) is 5.91. The van der Waals surface area contributed by atoms with E-state index in [0.29, 0.717) is 13.2 Å². The summed E-state index contributed by atoms with van der Waals surface area (Å²) in [6, 6.07) is 10.4. The lowest BCUT2D eigenvalue weighted by molar-refractivity contribution is 0.116. The van der Waals surface area contributed by atoms with Crippen LogP contribution in [0.1, 0.15) is 36.9 Å². The molecule has 1 aliphatic rings. The van der Waals surface area contributed by atoms with Crippen LogP contribution >= 0.6 is 11.3 Å². The number of rotatable bonds is 8. The van der Waals surface area contributed by atoms with Gasteiger partial charge in [-0.15, -0.1) is 0 Å². The second-order valence-corrected chi connectivity index (χ2v) is 9.33. The molecule has 5 rings (SSSR count). The molecule has 4 aromatic rings. The molecule has 2 unspecified atom stereocenters. The number of fused-ring (bicyclic) bond motifs is 2. The van der Waals surface area contributed by atoms with Gasteiger partial charge in [0, 0.05) is 32.0 Å². The summed E-state index contributed by atoms with van der Waals surface area (Å²) in [5.41, 5.74) is 4.06. The Labute approximate surface area is 191 Å². The molecule has 1 aliphatic carbocycles. The molecule has 3 heterocycles. The minimum atomic E-state index is -0.285. The maximum Gasteiger partial charge on any atom is 0.184 e. The number of hydrogen-bond donors (Lipinski definition) is 2. The van der Waals surface area contributed by atoms with E-state index >= 15 is 0 Å². The van der Waals surface area contributed by atoms with Gasteiger partial charge in [-0.3, -0.25) is 0 Å². The van der Waals surface area contributed by atoms with Crippen molar-refractivity contribution in [1.29, 1.82) is 0 Å². The number of thiazole rings is 1. The first-order valence-electron chi connectivity index (χ1n) is 11.1. The van der Waals surface area contributed by atoms with Gasteiger partial charge in [-0.2, -0.15) is 0 Å². The van der Waals surface area contributed by atoms with Crippen LogP contribution in [0, 0.1) is 0 Å². The van der Waals surface area contributed by atoms with Crippen LogP contribution in [-0.2, 0) is 11.2 Å². The number of benzene rings is 1. The molecule has 0 bridgehead atoms. The molecule has 1 aromatic carbocycles. The second kappa shape index (κ2) is 9.44. The zero-order valence-electron chi connectivity index (χ0n) is 18.2. The summed E-state index contributed by atoms with van der Waals surface area (Å²) in [7, 11) is 1.66. The normalized spacial score (nSPS) is 18.9. The average molecular weight is 453 g/mol.